The number of Topliss-reactive ketones (excluding diaryl/α,β-unsaturated/α-hetero) is 2. The van der Waals surface area contributed by atoms with Gasteiger partial charge in [0.15, 0.2) is 0 Å². The SMILES string of the molecule is O=C1c2ccc(-c3cc4ccccc4s3)cc2C(=O)C1(O)O. The molecule has 108 valence electrons. The summed E-state index contributed by atoms with van der Waals surface area (Å²) < 4.78 is 1.12. The first-order valence-corrected chi connectivity index (χ1v) is 7.47. The third kappa shape index (κ3) is 1.70. The molecule has 1 heterocycles. The molecule has 0 atom stereocenters. The van der Waals surface area contributed by atoms with Crippen molar-refractivity contribution >= 4 is 33.0 Å². The highest BCUT2D eigenvalue weighted by atomic mass is 32.1. The lowest BCUT2D eigenvalue weighted by atomic mass is 10.0. The van der Waals surface area contributed by atoms with Gasteiger partial charge < -0.3 is 10.2 Å². The standard InChI is InChI=1S/C17H10O4S/c18-15-11-6-5-10(7-12(11)16(19)17(15,20)21)14-8-9-3-1-2-4-13(9)22-14/h1-8,20-21H. The Morgan fingerprint density at radius 3 is 2.36 bits per heavy atom. The van der Waals surface area contributed by atoms with E-state index < -0.39 is 17.4 Å². The molecule has 0 saturated carbocycles. The molecule has 3 aromatic rings. The van der Waals surface area contributed by atoms with E-state index in [1.807, 2.05) is 30.3 Å². The molecule has 0 radical (unpaired) electrons. The number of carbonyl (C=O) groups excluding carboxylic acids is 2. The van der Waals surface area contributed by atoms with E-state index in [1.165, 1.54) is 6.07 Å². The molecule has 5 heteroatoms. The second-order valence-electron chi connectivity index (χ2n) is 5.24. The van der Waals surface area contributed by atoms with Crippen LogP contribution in [0.2, 0.25) is 0 Å². The molecule has 0 saturated heterocycles. The van der Waals surface area contributed by atoms with Crippen LogP contribution in [0.5, 0.6) is 0 Å². The molecule has 22 heavy (non-hydrogen) atoms. The number of hydrogen-bond acceptors (Lipinski definition) is 5. The van der Waals surface area contributed by atoms with Crippen molar-refractivity contribution in [3.05, 3.63) is 59.7 Å². The highest BCUT2D eigenvalue weighted by molar-refractivity contribution is 7.22. The predicted octanol–water partition coefficient (Wildman–Crippen LogP) is 2.63. The number of rotatable bonds is 1. The Balaban J connectivity index is 1.88. The zero-order valence-electron chi connectivity index (χ0n) is 11.2. The third-order valence-electron chi connectivity index (χ3n) is 3.85. The van der Waals surface area contributed by atoms with Gasteiger partial charge >= 0.3 is 0 Å². The molecular weight excluding hydrogens is 300 g/mol. The largest absolute Gasteiger partial charge is 0.353 e. The lowest BCUT2D eigenvalue weighted by molar-refractivity contribution is -0.0857. The van der Waals surface area contributed by atoms with Gasteiger partial charge in [-0.25, -0.2) is 0 Å². The number of hydrogen-bond donors (Lipinski definition) is 2. The second kappa shape index (κ2) is 4.33. The van der Waals surface area contributed by atoms with Gasteiger partial charge in [-0.05, 0) is 35.2 Å². The molecule has 2 aromatic carbocycles. The maximum absolute atomic E-state index is 12.0. The van der Waals surface area contributed by atoms with Crippen LogP contribution < -0.4 is 0 Å². The van der Waals surface area contributed by atoms with Crippen LogP contribution in [0.1, 0.15) is 20.7 Å². The summed E-state index contributed by atoms with van der Waals surface area (Å²) in [6.07, 6.45) is 0. The summed E-state index contributed by atoms with van der Waals surface area (Å²) in [5, 5.41) is 20.3. The van der Waals surface area contributed by atoms with E-state index >= 15 is 0 Å². The molecule has 0 fully saturated rings. The van der Waals surface area contributed by atoms with Crippen LogP contribution in [0.25, 0.3) is 20.5 Å². The van der Waals surface area contributed by atoms with E-state index in [1.54, 1.807) is 23.5 Å². The van der Waals surface area contributed by atoms with Crippen LogP contribution in [-0.4, -0.2) is 27.6 Å². The molecular formula is C17H10O4S. The molecule has 1 aliphatic carbocycles. The van der Waals surface area contributed by atoms with Crippen LogP contribution >= 0.6 is 11.3 Å². The van der Waals surface area contributed by atoms with Gasteiger partial charge in [-0.15, -0.1) is 11.3 Å². The van der Waals surface area contributed by atoms with Crippen LogP contribution in [-0.2, 0) is 0 Å². The maximum Gasteiger partial charge on any atom is 0.295 e. The van der Waals surface area contributed by atoms with Gasteiger partial charge in [-0.2, -0.15) is 0 Å². The number of aliphatic hydroxyl groups is 2. The number of benzene rings is 2. The van der Waals surface area contributed by atoms with E-state index in [0.717, 1.165) is 20.5 Å². The van der Waals surface area contributed by atoms with Gasteiger partial charge in [-0.3, -0.25) is 9.59 Å². The summed E-state index contributed by atoms with van der Waals surface area (Å²) in [6, 6.07) is 14.7. The van der Waals surface area contributed by atoms with Gasteiger partial charge in [0.05, 0.1) is 0 Å². The topological polar surface area (TPSA) is 74.6 Å². The number of fused-ring (bicyclic) bond motifs is 2. The first-order valence-electron chi connectivity index (χ1n) is 6.66. The Bertz CT molecular complexity index is 919. The minimum absolute atomic E-state index is 0.0554. The average Bonchev–Trinajstić information content (AvgIpc) is 3.02. The molecule has 2 N–H and O–H groups in total. The summed E-state index contributed by atoms with van der Waals surface area (Å²) in [7, 11) is 0. The van der Waals surface area contributed by atoms with Crippen molar-refractivity contribution in [2.75, 3.05) is 0 Å². The van der Waals surface area contributed by atoms with Crippen LogP contribution in [0.3, 0.4) is 0 Å². The minimum atomic E-state index is -2.93. The number of ketones is 2. The summed E-state index contributed by atoms with van der Waals surface area (Å²) in [4.78, 5) is 24.7. The Morgan fingerprint density at radius 2 is 1.59 bits per heavy atom. The lowest BCUT2D eigenvalue weighted by Gasteiger charge is -2.08. The summed E-state index contributed by atoms with van der Waals surface area (Å²) in [5.74, 6) is -4.85. The van der Waals surface area contributed by atoms with Crippen molar-refractivity contribution in [2.24, 2.45) is 0 Å². The Hall–Kier alpha value is -2.34. The number of thiophene rings is 1. The Labute approximate surface area is 129 Å². The van der Waals surface area contributed by atoms with E-state index in [0.29, 0.717) is 0 Å². The van der Waals surface area contributed by atoms with Crippen LogP contribution in [0.15, 0.2) is 48.5 Å². The van der Waals surface area contributed by atoms with Crippen molar-refractivity contribution in [3.63, 3.8) is 0 Å². The zero-order valence-corrected chi connectivity index (χ0v) is 12.1. The summed E-state index contributed by atoms with van der Waals surface area (Å²) in [5.41, 5.74) is 0.892. The molecule has 1 aromatic heterocycles. The number of carbonyl (C=O) groups is 2. The molecule has 0 aliphatic heterocycles. The van der Waals surface area contributed by atoms with Gasteiger partial charge in [0.2, 0.25) is 11.6 Å². The molecule has 0 amide bonds. The van der Waals surface area contributed by atoms with Gasteiger partial charge in [-0.1, -0.05) is 24.3 Å². The monoisotopic (exact) mass is 310 g/mol. The molecule has 1 aliphatic rings. The molecule has 4 nitrogen and oxygen atoms in total. The van der Waals surface area contributed by atoms with Crippen LogP contribution in [0.4, 0.5) is 0 Å². The van der Waals surface area contributed by atoms with Crippen molar-refractivity contribution in [1.29, 1.82) is 0 Å². The normalized spacial score (nSPS) is 16.3. The Kier molecular flexibility index (Phi) is 2.62. The zero-order chi connectivity index (χ0) is 15.5. The predicted molar refractivity (Wildman–Crippen MR) is 83.1 cm³/mol. The molecule has 4 rings (SSSR count). The van der Waals surface area contributed by atoms with Crippen molar-refractivity contribution in [3.8, 4) is 10.4 Å². The maximum atomic E-state index is 12.0. The van der Waals surface area contributed by atoms with Crippen LogP contribution in [0, 0.1) is 0 Å². The fourth-order valence-electron chi connectivity index (χ4n) is 2.69. The fourth-order valence-corrected chi connectivity index (χ4v) is 3.75. The first kappa shape index (κ1) is 13.3. The van der Waals surface area contributed by atoms with Gasteiger partial charge in [0.25, 0.3) is 5.79 Å². The quantitative estimate of drug-likeness (QED) is 0.535. The Morgan fingerprint density at radius 1 is 0.864 bits per heavy atom. The van der Waals surface area contributed by atoms with Crippen molar-refractivity contribution in [1.82, 2.24) is 0 Å². The third-order valence-corrected chi connectivity index (χ3v) is 5.02. The van der Waals surface area contributed by atoms with Gasteiger partial charge in [0.1, 0.15) is 0 Å². The smallest absolute Gasteiger partial charge is 0.295 e. The van der Waals surface area contributed by atoms with Crippen molar-refractivity contribution < 1.29 is 19.8 Å². The molecule has 0 bridgehead atoms. The lowest BCUT2D eigenvalue weighted by Crippen LogP contribution is -2.40. The highest BCUT2D eigenvalue weighted by Crippen LogP contribution is 2.36. The summed E-state index contributed by atoms with van der Waals surface area (Å²) >= 11 is 1.58. The van der Waals surface area contributed by atoms with Gasteiger partial charge in [0, 0.05) is 20.7 Å². The average molecular weight is 310 g/mol. The fraction of sp³-hybridized carbons (Fsp3) is 0.0588. The van der Waals surface area contributed by atoms with E-state index in [4.69, 9.17) is 0 Å². The molecule has 0 unspecified atom stereocenters. The van der Waals surface area contributed by atoms with E-state index in [-0.39, 0.29) is 11.1 Å². The highest BCUT2D eigenvalue weighted by Gasteiger charge is 2.50. The molecule has 0 spiro atoms. The minimum Gasteiger partial charge on any atom is -0.353 e. The second-order valence-corrected chi connectivity index (χ2v) is 6.32. The summed E-state index contributed by atoms with van der Waals surface area (Å²) in [6.45, 7) is 0. The van der Waals surface area contributed by atoms with Crippen molar-refractivity contribution in [2.45, 2.75) is 5.79 Å². The van der Waals surface area contributed by atoms with E-state index in [9.17, 15) is 19.8 Å². The first-order chi connectivity index (χ1) is 10.5. The van der Waals surface area contributed by atoms with E-state index in [2.05, 4.69) is 0 Å².